The highest BCUT2D eigenvalue weighted by molar-refractivity contribution is 6.16. The Morgan fingerprint density at radius 2 is 0.721 bits per heavy atom. The highest BCUT2D eigenvalue weighted by atomic mass is 15.0. The molecule has 0 aliphatic rings. The van der Waals surface area contributed by atoms with Crippen LogP contribution in [0.3, 0.4) is 0 Å². The lowest BCUT2D eigenvalue weighted by atomic mass is 10.0. The van der Waals surface area contributed by atoms with Crippen LogP contribution >= 0.6 is 0 Å². The Morgan fingerprint density at radius 3 is 1.41 bits per heavy atom. The van der Waals surface area contributed by atoms with E-state index in [9.17, 15) is 0 Å². The molecule has 0 bridgehead atoms. The molecule has 3 heterocycles. The quantitative estimate of drug-likeness (QED) is 0.167. The number of hydrogen-bond donors (Lipinski definition) is 0. The molecule has 0 spiro atoms. The monoisotopic (exact) mass is 865 g/mol. The molecule has 0 saturated carbocycles. The van der Waals surface area contributed by atoms with E-state index in [-0.39, 0.29) is 0 Å². The van der Waals surface area contributed by atoms with Crippen LogP contribution in [0.2, 0.25) is 0 Å². The van der Waals surface area contributed by atoms with Gasteiger partial charge in [0.25, 0.3) is 0 Å². The molecule has 0 saturated heterocycles. The fourth-order valence-electron chi connectivity index (χ4n) is 10.5. The third-order valence-electron chi connectivity index (χ3n) is 13.7. The summed E-state index contributed by atoms with van der Waals surface area (Å²) >= 11 is 0. The molecule has 68 heavy (non-hydrogen) atoms. The summed E-state index contributed by atoms with van der Waals surface area (Å²) in [5.74, 6) is 1.89. The van der Waals surface area contributed by atoms with Crippen molar-refractivity contribution in [2.24, 2.45) is 0 Å². The number of nitrogens with zero attached hydrogens (tertiary/aromatic N) is 5. The highest BCUT2D eigenvalue weighted by Gasteiger charge is 2.20. The number of hydrogen-bond acceptors (Lipinski definition) is 3. The van der Waals surface area contributed by atoms with E-state index in [0.717, 1.165) is 55.4 Å². The number of fused-ring (bicyclic) bond motifs is 9. The van der Waals surface area contributed by atoms with Crippen LogP contribution in [-0.4, -0.2) is 24.1 Å². The maximum Gasteiger partial charge on any atom is 0.164 e. The largest absolute Gasteiger partial charge is 0.309 e. The van der Waals surface area contributed by atoms with Crippen molar-refractivity contribution in [2.45, 2.75) is 0 Å². The van der Waals surface area contributed by atoms with E-state index in [4.69, 9.17) is 15.0 Å². The van der Waals surface area contributed by atoms with Crippen molar-refractivity contribution in [2.75, 3.05) is 0 Å². The summed E-state index contributed by atoms with van der Waals surface area (Å²) < 4.78 is 4.86. The minimum atomic E-state index is 0.629. The van der Waals surface area contributed by atoms with E-state index in [1.54, 1.807) is 0 Å². The zero-order chi connectivity index (χ0) is 44.7. The van der Waals surface area contributed by atoms with Crippen molar-refractivity contribution in [1.82, 2.24) is 24.1 Å². The van der Waals surface area contributed by atoms with Crippen molar-refractivity contribution in [3.63, 3.8) is 0 Å². The van der Waals surface area contributed by atoms with Crippen molar-refractivity contribution < 1.29 is 0 Å². The summed E-state index contributed by atoms with van der Waals surface area (Å²) in [5, 5.41) is 12.0. The highest BCUT2D eigenvalue weighted by Crippen LogP contribution is 2.41. The average molecular weight is 866 g/mol. The standard InChI is InChI=1S/C63H39N5/c1-3-15-40(16-4-1)41-27-29-43(30-28-41)62-64-61(42-17-5-2-6-18-42)65-63(66-62)53-33-34-58(50-22-10-9-21-49(50)53)68-57-26-14-12-24-52(57)55-37-47-35-48(32-31-46(47)39-60(55)68)67-56-25-13-11-23-51(56)54-36-44-19-7-8-20-45(44)38-59(54)67/h1-39H. The Hall–Kier alpha value is -9.19. The van der Waals surface area contributed by atoms with Crippen molar-refractivity contribution in [1.29, 1.82) is 0 Å². The average Bonchev–Trinajstić information content (AvgIpc) is 3.90. The Bertz CT molecular complexity index is 4300. The van der Waals surface area contributed by atoms with Gasteiger partial charge in [-0.3, -0.25) is 0 Å². The molecule has 5 heteroatoms. The molecule has 0 unspecified atom stereocenters. The van der Waals surface area contributed by atoms with Gasteiger partial charge in [0, 0.05) is 49.3 Å². The molecule has 0 aliphatic carbocycles. The molecule has 3 aromatic heterocycles. The first-order valence-corrected chi connectivity index (χ1v) is 23.1. The van der Waals surface area contributed by atoms with Crippen LogP contribution in [0.25, 0.3) is 133 Å². The van der Waals surface area contributed by atoms with E-state index in [1.165, 1.54) is 59.7 Å². The molecule has 0 amide bonds. The maximum atomic E-state index is 5.22. The first-order valence-electron chi connectivity index (χ1n) is 23.1. The van der Waals surface area contributed by atoms with Gasteiger partial charge in [0.05, 0.1) is 27.8 Å². The van der Waals surface area contributed by atoms with Crippen LogP contribution in [-0.2, 0) is 0 Å². The molecule has 0 radical (unpaired) electrons. The molecule has 5 nitrogen and oxygen atoms in total. The molecule has 316 valence electrons. The molecular formula is C63H39N5. The van der Waals surface area contributed by atoms with E-state index in [1.807, 2.05) is 24.3 Å². The first kappa shape index (κ1) is 38.1. The van der Waals surface area contributed by atoms with E-state index in [0.29, 0.717) is 17.5 Å². The fourth-order valence-corrected chi connectivity index (χ4v) is 10.5. The Balaban J connectivity index is 0.929. The van der Waals surface area contributed by atoms with Gasteiger partial charge in [0.2, 0.25) is 0 Å². The van der Waals surface area contributed by atoms with Gasteiger partial charge >= 0.3 is 0 Å². The summed E-state index contributed by atoms with van der Waals surface area (Å²) in [6, 6.07) is 84.7. The van der Waals surface area contributed by atoms with Crippen LogP contribution in [0.5, 0.6) is 0 Å². The summed E-state index contributed by atoms with van der Waals surface area (Å²) in [6.07, 6.45) is 0. The number of aromatic nitrogens is 5. The summed E-state index contributed by atoms with van der Waals surface area (Å²) in [7, 11) is 0. The van der Waals surface area contributed by atoms with Crippen LogP contribution in [0.4, 0.5) is 0 Å². The summed E-state index contributed by atoms with van der Waals surface area (Å²) in [6.45, 7) is 0. The lowest BCUT2D eigenvalue weighted by Crippen LogP contribution is -2.02. The zero-order valence-corrected chi connectivity index (χ0v) is 36.8. The predicted octanol–water partition coefficient (Wildman–Crippen LogP) is 16.2. The maximum absolute atomic E-state index is 5.22. The summed E-state index contributed by atoms with van der Waals surface area (Å²) in [4.78, 5) is 15.5. The van der Waals surface area contributed by atoms with E-state index in [2.05, 4.69) is 221 Å². The van der Waals surface area contributed by atoms with Crippen LogP contribution in [0.1, 0.15) is 0 Å². The molecule has 11 aromatic carbocycles. The number of para-hydroxylation sites is 2. The molecule has 14 aromatic rings. The van der Waals surface area contributed by atoms with Crippen molar-refractivity contribution in [3.8, 4) is 56.7 Å². The van der Waals surface area contributed by atoms with Gasteiger partial charge in [-0.05, 0) is 98.7 Å². The van der Waals surface area contributed by atoms with E-state index >= 15 is 0 Å². The van der Waals surface area contributed by atoms with Crippen LogP contribution < -0.4 is 0 Å². The zero-order valence-electron chi connectivity index (χ0n) is 36.8. The molecule has 14 rings (SSSR count). The Labute approximate surface area is 391 Å². The van der Waals surface area contributed by atoms with Gasteiger partial charge in [-0.25, -0.2) is 15.0 Å². The normalized spacial score (nSPS) is 11.8. The first-order chi connectivity index (χ1) is 33.7. The molecule has 0 fully saturated rings. The third-order valence-corrected chi connectivity index (χ3v) is 13.7. The molecule has 0 atom stereocenters. The molecular weight excluding hydrogens is 827 g/mol. The molecule has 0 aliphatic heterocycles. The third kappa shape index (κ3) is 6.06. The van der Waals surface area contributed by atoms with Gasteiger partial charge < -0.3 is 9.13 Å². The topological polar surface area (TPSA) is 48.5 Å². The van der Waals surface area contributed by atoms with Gasteiger partial charge in [0.1, 0.15) is 0 Å². The number of benzene rings is 11. The fraction of sp³-hybridized carbons (Fsp3) is 0. The van der Waals surface area contributed by atoms with Gasteiger partial charge in [-0.1, -0.05) is 176 Å². The summed E-state index contributed by atoms with van der Waals surface area (Å²) in [5.41, 5.74) is 12.1. The minimum Gasteiger partial charge on any atom is -0.309 e. The number of rotatable bonds is 6. The van der Waals surface area contributed by atoms with E-state index < -0.39 is 0 Å². The van der Waals surface area contributed by atoms with Gasteiger partial charge in [0.15, 0.2) is 17.5 Å². The second kappa shape index (κ2) is 15.2. The molecule has 0 N–H and O–H groups in total. The van der Waals surface area contributed by atoms with Crippen LogP contribution in [0.15, 0.2) is 237 Å². The predicted molar refractivity (Wildman–Crippen MR) is 283 cm³/mol. The lowest BCUT2D eigenvalue weighted by Gasteiger charge is -2.15. The SMILES string of the molecule is c1ccc(-c2ccc(-c3nc(-c4ccccc4)nc(-c4ccc(-n5c6ccccc6c6cc7cc(-n8c9ccccc9c9cc%10ccccc%10cc98)ccc7cc65)c5ccccc45)n3)cc2)cc1. The minimum absolute atomic E-state index is 0.629. The lowest BCUT2D eigenvalue weighted by molar-refractivity contribution is 1.08. The Kier molecular flexibility index (Phi) is 8.52. The second-order valence-corrected chi connectivity index (χ2v) is 17.6. The Morgan fingerprint density at radius 1 is 0.250 bits per heavy atom. The van der Waals surface area contributed by atoms with Crippen molar-refractivity contribution in [3.05, 3.63) is 237 Å². The smallest absolute Gasteiger partial charge is 0.164 e. The van der Waals surface area contributed by atoms with Gasteiger partial charge in [-0.2, -0.15) is 0 Å². The second-order valence-electron chi connectivity index (χ2n) is 17.6. The van der Waals surface area contributed by atoms with Crippen molar-refractivity contribution >= 4 is 75.9 Å². The van der Waals surface area contributed by atoms with Crippen LogP contribution in [0, 0.1) is 0 Å². The van der Waals surface area contributed by atoms with Gasteiger partial charge in [-0.15, -0.1) is 0 Å².